The first-order valence-corrected chi connectivity index (χ1v) is 17.2. The highest BCUT2D eigenvalue weighted by molar-refractivity contribution is 5.97. The molecule has 0 saturated heterocycles. The summed E-state index contributed by atoms with van der Waals surface area (Å²) in [5, 5.41) is 11.5. The van der Waals surface area contributed by atoms with Crippen LogP contribution in [0.1, 0.15) is 66.2 Å². The maximum atomic E-state index is 12.0. The van der Waals surface area contributed by atoms with Crippen molar-refractivity contribution in [3.63, 3.8) is 0 Å². The molecule has 0 saturated carbocycles. The molecule has 20 nitrogen and oxygen atoms in total. The van der Waals surface area contributed by atoms with E-state index in [4.69, 9.17) is 11.5 Å². The zero-order valence-corrected chi connectivity index (χ0v) is 30.3. The zero-order chi connectivity index (χ0) is 40.2. The summed E-state index contributed by atoms with van der Waals surface area (Å²) < 4.78 is 0. The lowest BCUT2D eigenvalue weighted by atomic mass is 10.2. The van der Waals surface area contributed by atoms with Crippen LogP contribution in [0.3, 0.4) is 0 Å². The third-order valence-corrected chi connectivity index (χ3v) is 7.82. The molecule has 2 amide bonds. The summed E-state index contributed by atoms with van der Waals surface area (Å²) in [6.07, 6.45) is 3.71. The van der Waals surface area contributed by atoms with E-state index in [9.17, 15) is 28.8 Å². The van der Waals surface area contributed by atoms with Crippen LogP contribution < -0.4 is 43.9 Å². The van der Waals surface area contributed by atoms with Gasteiger partial charge in [0, 0.05) is 41.9 Å². The predicted octanol–water partition coefficient (Wildman–Crippen LogP) is 1.87. The number of benzene rings is 2. The van der Waals surface area contributed by atoms with Crippen LogP contribution in [0.25, 0.3) is 22.3 Å². The Morgan fingerprint density at radius 3 is 1.53 bits per heavy atom. The largest absolute Gasteiger partial charge is 0.379 e. The van der Waals surface area contributed by atoms with Gasteiger partial charge >= 0.3 is 0 Å². The molecular weight excluding hydrogens is 736 g/mol. The Morgan fingerprint density at radius 2 is 1.11 bits per heavy atom. The minimum Gasteiger partial charge on any atom is -0.379 e. The highest BCUT2D eigenvalue weighted by Crippen LogP contribution is 2.13. The molecule has 0 aliphatic heterocycles. The Balaban J connectivity index is 0.000000248. The lowest BCUT2D eigenvalue weighted by molar-refractivity contribution is -0.118. The number of aromatic amines is 2. The number of nitrogens with two attached hydrogens (primary N) is 2. The van der Waals surface area contributed by atoms with Crippen molar-refractivity contribution in [2.45, 2.75) is 47.2 Å². The van der Waals surface area contributed by atoms with Crippen LogP contribution in [-0.2, 0) is 22.7 Å². The number of fused-ring (bicyclic) bond motifs is 2. The highest BCUT2D eigenvalue weighted by atomic mass is 16.2. The van der Waals surface area contributed by atoms with Crippen molar-refractivity contribution < 1.29 is 19.2 Å². The molecule has 0 fully saturated rings. The lowest BCUT2D eigenvalue weighted by Crippen LogP contribution is -2.29. The molecule has 0 aliphatic rings. The van der Waals surface area contributed by atoms with E-state index >= 15 is 0 Å². The number of nitrogen functional groups attached to an aromatic ring is 2. The Labute approximate surface area is 324 Å². The molecule has 0 radical (unpaired) electrons. The number of carbonyl (C=O) groups excluding carboxylic acids is 4. The van der Waals surface area contributed by atoms with Crippen molar-refractivity contribution in [1.29, 1.82) is 0 Å². The second kappa shape index (κ2) is 19.6. The predicted molar refractivity (Wildman–Crippen MR) is 214 cm³/mol. The van der Waals surface area contributed by atoms with Gasteiger partial charge in [-0.15, -0.1) is 0 Å². The first-order valence-electron chi connectivity index (χ1n) is 17.2. The van der Waals surface area contributed by atoms with Gasteiger partial charge in [-0.1, -0.05) is 14.4 Å². The number of hydrogen-bond acceptors (Lipinski definition) is 16. The SMILES string of the molecule is C.CC(=O)CCNC(=O)c1ccc(NCc2cnc3nc(N)[nH]c(=O)c3n2)cc1.CCC(=O)CNC(=O)c1ccc(NCc2cnc3nc(N)[nH]c(=O)c3n2)cc1. The fourth-order valence-corrected chi connectivity index (χ4v) is 4.84. The van der Waals surface area contributed by atoms with Crippen molar-refractivity contribution in [3.05, 3.63) is 104 Å². The molecule has 0 aliphatic carbocycles. The third kappa shape index (κ3) is 11.9. The highest BCUT2D eigenvalue weighted by Gasteiger charge is 2.10. The second-order valence-electron chi connectivity index (χ2n) is 12.1. The van der Waals surface area contributed by atoms with Crippen molar-refractivity contribution in [3.8, 4) is 0 Å². The van der Waals surface area contributed by atoms with E-state index in [1.165, 1.54) is 19.3 Å². The molecule has 0 bridgehead atoms. The molecule has 10 N–H and O–H groups in total. The van der Waals surface area contributed by atoms with Gasteiger partial charge in [-0.3, -0.25) is 38.7 Å². The first kappa shape index (κ1) is 42.1. The van der Waals surface area contributed by atoms with Gasteiger partial charge in [0.15, 0.2) is 28.1 Å². The number of nitrogens with one attached hydrogen (secondary N) is 6. The standard InChI is InChI=1S/2C18H19N7O3.CH4/c1-10(26)6-7-20-16(27)11-2-4-12(5-3-11)21-8-13-9-22-15-14(23-13)17(28)25-18(19)24-15;1-2-13(26)9-22-16(27)10-3-5-11(6-4-10)20-7-12-8-21-15-14(23-12)17(28)25-18(19)24-15;/h2-5,9,21H,6-8H2,1H3,(H,20,27)(H3,19,22,24,25,28);3-6,8,20H,2,7,9H2,1H3,(H,22,27)(H3,19,21,24,25,28);1H4. The van der Waals surface area contributed by atoms with Gasteiger partial charge in [-0.2, -0.15) is 9.97 Å². The summed E-state index contributed by atoms with van der Waals surface area (Å²) in [6.45, 7) is 4.22. The summed E-state index contributed by atoms with van der Waals surface area (Å²) in [6, 6.07) is 13.6. The average Bonchev–Trinajstić information content (AvgIpc) is 3.18. The fourth-order valence-electron chi connectivity index (χ4n) is 4.84. The number of ketones is 2. The van der Waals surface area contributed by atoms with Gasteiger partial charge in [0.25, 0.3) is 22.9 Å². The molecular formula is C37H42N14O6. The molecule has 2 aromatic carbocycles. The molecule has 6 rings (SSSR count). The summed E-state index contributed by atoms with van der Waals surface area (Å²) in [5.41, 5.74) is 14.2. The van der Waals surface area contributed by atoms with Crippen LogP contribution in [0.2, 0.25) is 0 Å². The molecule has 6 aromatic rings. The van der Waals surface area contributed by atoms with Crippen LogP contribution in [0.5, 0.6) is 0 Å². The van der Waals surface area contributed by atoms with E-state index in [0.29, 0.717) is 55.0 Å². The van der Waals surface area contributed by atoms with Crippen LogP contribution in [0.15, 0.2) is 70.5 Å². The van der Waals surface area contributed by atoms with E-state index in [1.54, 1.807) is 55.5 Å². The summed E-state index contributed by atoms with van der Waals surface area (Å²) >= 11 is 0. The lowest BCUT2D eigenvalue weighted by Gasteiger charge is -2.08. The van der Waals surface area contributed by atoms with Crippen LogP contribution >= 0.6 is 0 Å². The number of anilines is 4. The van der Waals surface area contributed by atoms with Gasteiger partial charge in [0.1, 0.15) is 5.78 Å². The smallest absolute Gasteiger partial charge is 0.280 e. The van der Waals surface area contributed by atoms with Crippen molar-refractivity contribution >= 4 is 69.0 Å². The number of Topliss-reactive ketones (excluding diaryl/α,β-unsaturated/α-hetero) is 2. The quantitative estimate of drug-likeness (QED) is 0.0782. The minimum absolute atomic E-state index is 0. The molecule has 0 atom stereocenters. The average molecular weight is 779 g/mol. The van der Waals surface area contributed by atoms with Gasteiger partial charge in [0.05, 0.1) is 43.4 Å². The van der Waals surface area contributed by atoms with Crippen LogP contribution in [0, 0.1) is 0 Å². The van der Waals surface area contributed by atoms with Crippen molar-refractivity contribution in [2.75, 3.05) is 35.2 Å². The van der Waals surface area contributed by atoms with Crippen molar-refractivity contribution in [2.24, 2.45) is 0 Å². The Hall–Kier alpha value is -7.64. The van der Waals surface area contributed by atoms with E-state index < -0.39 is 11.1 Å². The van der Waals surface area contributed by atoms with Crippen LogP contribution in [-0.4, -0.2) is 76.3 Å². The minimum atomic E-state index is -0.450. The number of aromatic nitrogens is 8. The second-order valence-corrected chi connectivity index (χ2v) is 12.1. The van der Waals surface area contributed by atoms with E-state index in [1.807, 2.05) is 0 Å². The van der Waals surface area contributed by atoms with Crippen LogP contribution in [0.4, 0.5) is 23.3 Å². The maximum Gasteiger partial charge on any atom is 0.280 e. The molecule has 4 aromatic heterocycles. The van der Waals surface area contributed by atoms with Gasteiger partial charge in [0.2, 0.25) is 11.9 Å². The van der Waals surface area contributed by atoms with Gasteiger partial charge in [-0.05, 0) is 55.5 Å². The molecule has 57 heavy (non-hydrogen) atoms. The fraction of sp³-hybridized carbons (Fsp3) is 0.243. The van der Waals surface area contributed by atoms with Gasteiger partial charge in [-0.25, -0.2) is 19.9 Å². The maximum absolute atomic E-state index is 12.0. The Morgan fingerprint density at radius 1 is 0.667 bits per heavy atom. The first-order chi connectivity index (χ1) is 26.9. The number of carbonyl (C=O) groups is 4. The summed E-state index contributed by atoms with van der Waals surface area (Å²) in [7, 11) is 0. The van der Waals surface area contributed by atoms with Crippen molar-refractivity contribution in [1.82, 2.24) is 50.5 Å². The van der Waals surface area contributed by atoms with E-state index in [-0.39, 0.29) is 71.6 Å². The zero-order valence-electron chi connectivity index (χ0n) is 30.3. The monoisotopic (exact) mass is 778 g/mol. The topological polar surface area (TPSA) is 311 Å². The molecule has 0 spiro atoms. The summed E-state index contributed by atoms with van der Waals surface area (Å²) in [4.78, 5) is 99.2. The molecule has 296 valence electrons. The van der Waals surface area contributed by atoms with E-state index in [2.05, 4.69) is 61.1 Å². The Kier molecular flexibility index (Phi) is 14.5. The number of rotatable bonds is 14. The number of amides is 2. The van der Waals surface area contributed by atoms with E-state index in [0.717, 1.165) is 11.4 Å². The number of nitrogens with zero attached hydrogens (tertiary/aromatic N) is 6. The third-order valence-electron chi connectivity index (χ3n) is 7.82. The normalized spacial score (nSPS) is 10.4. The summed E-state index contributed by atoms with van der Waals surface area (Å²) in [5.74, 6) is -0.569. The van der Waals surface area contributed by atoms with Gasteiger partial charge < -0.3 is 32.7 Å². The number of hydrogen-bond donors (Lipinski definition) is 8. The molecule has 20 heteroatoms. The number of H-pyrrole nitrogens is 2. The molecule has 0 unspecified atom stereocenters. The molecule has 4 heterocycles. The Bertz CT molecular complexity index is 2500.